The second-order valence-corrected chi connectivity index (χ2v) is 4.27. The zero-order valence-corrected chi connectivity index (χ0v) is 11.3. The number of nitrogens with one attached hydrogen (secondary N) is 2. The van der Waals surface area contributed by atoms with Crippen LogP contribution < -0.4 is 10.2 Å². The number of likely N-dealkylation sites (N-methyl/N-ethyl adjacent to an activating group) is 1. The Morgan fingerprint density at radius 1 is 1.26 bits per heavy atom. The van der Waals surface area contributed by atoms with E-state index in [9.17, 15) is 14.9 Å². The molecule has 0 atom stereocenters. The van der Waals surface area contributed by atoms with Crippen molar-refractivity contribution in [2.24, 2.45) is 0 Å². The number of non-ortho nitro benzene ring substituents is 1. The van der Waals surface area contributed by atoms with Crippen LogP contribution in [0, 0.1) is 10.1 Å². The molecular weight excluding hydrogens is 246 g/mol. The lowest BCUT2D eigenvalue weighted by molar-refractivity contribution is -0.895. The summed E-state index contributed by atoms with van der Waals surface area (Å²) in [7, 11) is 0. The number of nitro benzene ring substituents is 1. The van der Waals surface area contributed by atoms with Gasteiger partial charge in [0.2, 0.25) is 0 Å². The first-order valence-electron chi connectivity index (χ1n) is 6.44. The SMILES string of the molecule is CC[NH+](CC)CCNC(=O)c1ccc([N+](=O)[O-])cc1. The summed E-state index contributed by atoms with van der Waals surface area (Å²) in [6.45, 7) is 7.76. The number of hydrogen-bond acceptors (Lipinski definition) is 3. The molecule has 1 amide bonds. The van der Waals surface area contributed by atoms with E-state index in [-0.39, 0.29) is 11.6 Å². The van der Waals surface area contributed by atoms with Gasteiger partial charge in [-0.05, 0) is 26.0 Å². The molecular formula is C13H20N3O3+. The van der Waals surface area contributed by atoms with Crippen LogP contribution in [0.15, 0.2) is 24.3 Å². The van der Waals surface area contributed by atoms with E-state index in [4.69, 9.17) is 0 Å². The van der Waals surface area contributed by atoms with Crippen molar-refractivity contribution >= 4 is 11.6 Å². The first-order chi connectivity index (χ1) is 9.08. The van der Waals surface area contributed by atoms with Gasteiger partial charge >= 0.3 is 0 Å². The van der Waals surface area contributed by atoms with Crippen LogP contribution in [0.1, 0.15) is 24.2 Å². The number of quaternary nitrogens is 1. The molecule has 0 radical (unpaired) electrons. The lowest BCUT2D eigenvalue weighted by Crippen LogP contribution is -3.12. The van der Waals surface area contributed by atoms with Crippen molar-refractivity contribution in [1.82, 2.24) is 5.32 Å². The summed E-state index contributed by atoms with van der Waals surface area (Å²) >= 11 is 0. The summed E-state index contributed by atoms with van der Waals surface area (Å²) in [6, 6.07) is 5.62. The topological polar surface area (TPSA) is 76.7 Å². The molecule has 0 heterocycles. The van der Waals surface area contributed by atoms with Crippen LogP contribution in [0.25, 0.3) is 0 Å². The van der Waals surface area contributed by atoms with Crippen molar-refractivity contribution in [1.29, 1.82) is 0 Å². The van der Waals surface area contributed by atoms with E-state index in [1.165, 1.54) is 29.2 Å². The van der Waals surface area contributed by atoms with Crippen molar-refractivity contribution in [2.75, 3.05) is 26.2 Å². The Bertz CT molecular complexity index is 427. The van der Waals surface area contributed by atoms with Gasteiger partial charge in [0.15, 0.2) is 0 Å². The Hall–Kier alpha value is -1.95. The number of nitro groups is 1. The molecule has 104 valence electrons. The Morgan fingerprint density at radius 3 is 2.32 bits per heavy atom. The summed E-state index contributed by atoms with van der Waals surface area (Å²) in [5, 5.41) is 13.3. The van der Waals surface area contributed by atoms with Crippen LogP contribution in [0.2, 0.25) is 0 Å². The molecule has 2 N–H and O–H groups in total. The maximum absolute atomic E-state index is 11.8. The molecule has 0 unspecified atom stereocenters. The summed E-state index contributed by atoms with van der Waals surface area (Å²) in [5.41, 5.74) is 0.435. The van der Waals surface area contributed by atoms with Gasteiger partial charge in [-0.2, -0.15) is 0 Å². The molecule has 0 saturated carbocycles. The van der Waals surface area contributed by atoms with Gasteiger partial charge in [0.05, 0.1) is 31.1 Å². The van der Waals surface area contributed by atoms with Gasteiger partial charge in [0.1, 0.15) is 0 Å². The highest BCUT2D eigenvalue weighted by molar-refractivity contribution is 5.94. The average molecular weight is 266 g/mol. The van der Waals surface area contributed by atoms with E-state index in [1.807, 2.05) is 0 Å². The van der Waals surface area contributed by atoms with Crippen LogP contribution in [0.3, 0.4) is 0 Å². The third-order valence-corrected chi connectivity index (χ3v) is 3.10. The highest BCUT2D eigenvalue weighted by Crippen LogP contribution is 2.11. The molecule has 0 aromatic heterocycles. The lowest BCUT2D eigenvalue weighted by atomic mass is 10.2. The Kier molecular flexibility index (Phi) is 5.95. The molecule has 1 aromatic carbocycles. The molecule has 0 spiro atoms. The van der Waals surface area contributed by atoms with Gasteiger partial charge in [-0.3, -0.25) is 14.9 Å². The predicted molar refractivity (Wildman–Crippen MR) is 72.3 cm³/mol. The van der Waals surface area contributed by atoms with E-state index in [1.54, 1.807) is 0 Å². The first kappa shape index (κ1) is 15.1. The molecule has 19 heavy (non-hydrogen) atoms. The van der Waals surface area contributed by atoms with Crippen molar-refractivity contribution in [3.05, 3.63) is 39.9 Å². The molecule has 1 rings (SSSR count). The molecule has 6 heteroatoms. The largest absolute Gasteiger partial charge is 0.346 e. The van der Waals surface area contributed by atoms with E-state index >= 15 is 0 Å². The number of amides is 1. The third kappa shape index (κ3) is 4.67. The van der Waals surface area contributed by atoms with Crippen LogP contribution in [0.5, 0.6) is 0 Å². The second kappa shape index (κ2) is 7.48. The van der Waals surface area contributed by atoms with Gasteiger partial charge < -0.3 is 10.2 Å². The Balaban J connectivity index is 2.47. The number of benzene rings is 1. The van der Waals surface area contributed by atoms with Crippen LogP contribution in [-0.2, 0) is 0 Å². The smallest absolute Gasteiger partial charge is 0.269 e. The Morgan fingerprint density at radius 2 is 1.84 bits per heavy atom. The van der Waals surface area contributed by atoms with Crippen LogP contribution >= 0.6 is 0 Å². The lowest BCUT2D eigenvalue weighted by Gasteiger charge is -2.15. The highest BCUT2D eigenvalue weighted by atomic mass is 16.6. The molecule has 6 nitrogen and oxygen atoms in total. The first-order valence-corrected chi connectivity index (χ1v) is 6.44. The van der Waals surface area contributed by atoms with Gasteiger partial charge in [-0.1, -0.05) is 0 Å². The average Bonchev–Trinajstić information content (AvgIpc) is 2.43. The fourth-order valence-electron chi connectivity index (χ4n) is 1.79. The fourth-order valence-corrected chi connectivity index (χ4v) is 1.79. The molecule has 0 bridgehead atoms. The van der Waals surface area contributed by atoms with E-state index in [0.717, 1.165) is 19.6 Å². The van der Waals surface area contributed by atoms with Crippen molar-refractivity contribution in [3.8, 4) is 0 Å². The van der Waals surface area contributed by atoms with E-state index < -0.39 is 4.92 Å². The molecule has 0 fully saturated rings. The monoisotopic (exact) mass is 266 g/mol. The van der Waals surface area contributed by atoms with Gasteiger partial charge in [-0.25, -0.2) is 0 Å². The van der Waals surface area contributed by atoms with Gasteiger partial charge in [0.25, 0.3) is 11.6 Å². The molecule has 0 aliphatic rings. The summed E-state index contributed by atoms with van der Waals surface area (Å²) in [5.74, 6) is -0.193. The minimum atomic E-state index is -0.481. The molecule has 0 aliphatic carbocycles. The van der Waals surface area contributed by atoms with Gasteiger partial charge in [0, 0.05) is 17.7 Å². The van der Waals surface area contributed by atoms with E-state index in [0.29, 0.717) is 12.1 Å². The fraction of sp³-hybridized carbons (Fsp3) is 0.462. The van der Waals surface area contributed by atoms with Gasteiger partial charge in [-0.15, -0.1) is 0 Å². The molecule has 0 aliphatic heterocycles. The summed E-state index contributed by atoms with van der Waals surface area (Å²) in [6.07, 6.45) is 0. The number of carbonyl (C=O) groups excluding carboxylic acids is 1. The number of carbonyl (C=O) groups is 1. The second-order valence-electron chi connectivity index (χ2n) is 4.27. The highest BCUT2D eigenvalue weighted by Gasteiger charge is 2.09. The van der Waals surface area contributed by atoms with Crippen LogP contribution in [0.4, 0.5) is 5.69 Å². The zero-order chi connectivity index (χ0) is 14.3. The number of nitrogens with zero attached hydrogens (tertiary/aromatic N) is 1. The van der Waals surface area contributed by atoms with Crippen molar-refractivity contribution in [3.63, 3.8) is 0 Å². The maximum Gasteiger partial charge on any atom is 0.269 e. The number of hydrogen-bond donors (Lipinski definition) is 2. The standard InChI is InChI=1S/C13H19N3O3/c1-3-15(4-2)10-9-14-13(17)11-5-7-12(8-6-11)16(18)19/h5-8H,3-4,9-10H2,1-2H3,(H,14,17)/p+1. The minimum Gasteiger partial charge on any atom is -0.346 e. The summed E-state index contributed by atoms with van der Waals surface area (Å²) < 4.78 is 0. The van der Waals surface area contributed by atoms with Crippen LogP contribution in [-0.4, -0.2) is 37.0 Å². The Labute approximate surface area is 112 Å². The zero-order valence-electron chi connectivity index (χ0n) is 11.3. The maximum atomic E-state index is 11.8. The van der Waals surface area contributed by atoms with E-state index in [2.05, 4.69) is 19.2 Å². The summed E-state index contributed by atoms with van der Waals surface area (Å²) in [4.78, 5) is 23.2. The third-order valence-electron chi connectivity index (χ3n) is 3.10. The molecule has 0 saturated heterocycles. The van der Waals surface area contributed by atoms with Crippen molar-refractivity contribution < 1.29 is 14.6 Å². The van der Waals surface area contributed by atoms with Crippen molar-refractivity contribution in [2.45, 2.75) is 13.8 Å². The molecule has 1 aromatic rings. The number of rotatable bonds is 7. The predicted octanol–water partition coefficient (Wildman–Crippen LogP) is 0.249. The normalized spacial score (nSPS) is 10.5. The quantitative estimate of drug-likeness (QED) is 0.548. The minimum absolute atomic E-state index is 0.0101.